The molecule has 0 amide bonds. The van der Waals surface area contributed by atoms with Gasteiger partial charge in [-0.25, -0.2) is 0 Å². The van der Waals surface area contributed by atoms with Crippen molar-refractivity contribution in [2.45, 2.75) is 59.3 Å². The quantitative estimate of drug-likeness (QED) is 0.574. The molecule has 0 saturated heterocycles. The number of hydrogen-bond acceptors (Lipinski definition) is 0. The van der Waals surface area contributed by atoms with Crippen molar-refractivity contribution in [3.8, 4) is 11.8 Å². The lowest BCUT2D eigenvalue weighted by molar-refractivity contribution is 0.299. The highest BCUT2D eigenvalue weighted by Crippen LogP contribution is 2.30. The molecule has 0 heterocycles. The monoisotopic (exact) mass is 192 g/mol. The van der Waals surface area contributed by atoms with Crippen molar-refractivity contribution >= 4 is 0 Å². The molecule has 0 N–H and O–H groups in total. The van der Waals surface area contributed by atoms with Gasteiger partial charge in [0.25, 0.3) is 0 Å². The Labute approximate surface area is 89.5 Å². The summed E-state index contributed by atoms with van der Waals surface area (Å²) in [4.78, 5) is 0. The van der Waals surface area contributed by atoms with E-state index >= 15 is 0 Å². The summed E-state index contributed by atoms with van der Waals surface area (Å²) in [6.07, 6.45) is 8.34. The van der Waals surface area contributed by atoms with Crippen LogP contribution in [0.25, 0.3) is 0 Å². The molecule has 0 heteroatoms. The van der Waals surface area contributed by atoms with Crippen molar-refractivity contribution < 1.29 is 0 Å². The summed E-state index contributed by atoms with van der Waals surface area (Å²) in [5.41, 5.74) is 0. The predicted octanol–water partition coefficient (Wildman–Crippen LogP) is 4.25. The van der Waals surface area contributed by atoms with Gasteiger partial charge in [-0.15, -0.1) is 5.92 Å². The van der Waals surface area contributed by atoms with Gasteiger partial charge in [-0.05, 0) is 31.6 Å². The van der Waals surface area contributed by atoms with Crippen molar-refractivity contribution in [3.05, 3.63) is 0 Å². The first-order valence-corrected chi connectivity index (χ1v) is 6.23. The van der Waals surface area contributed by atoms with Crippen LogP contribution in [0.3, 0.4) is 0 Å². The van der Waals surface area contributed by atoms with E-state index in [1.807, 2.05) is 0 Å². The third-order valence-electron chi connectivity index (χ3n) is 3.12. The van der Waals surface area contributed by atoms with E-state index in [1.165, 1.54) is 38.5 Å². The van der Waals surface area contributed by atoms with Crippen LogP contribution >= 0.6 is 0 Å². The smallest absolute Gasteiger partial charge is 0.0203 e. The van der Waals surface area contributed by atoms with Crippen molar-refractivity contribution in [2.75, 3.05) is 0 Å². The molecule has 0 aromatic rings. The minimum atomic E-state index is 0.545. The second-order valence-corrected chi connectivity index (χ2v) is 4.95. The molecule has 1 saturated carbocycles. The minimum absolute atomic E-state index is 0.545. The average Bonchev–Trinajstić information content (AvgIpc) is 2.17. The lowest BCUT2D eigenvalue weighted by Gasteiger charge is -2.25. The van der Waals surface area contributed by atoms with Gasteiger partial charge in [-0.2, -0.15) is 0 Å². The van der Waals surface area contributed by atoms with Crippen molar-refractivity contribution in [1.82, 2.24) is 0 Å². The van der Waals surface area contributed by atoms with Gasteiger partial charge in [-0.1, -0.05) is 39.5 Å². The van der Waals surface area contributed by atoms with E-state index in [2.05, 4.69) is 32.6 Å². The first kappa shape index (κ1) is 11.6. The third kappa shape index (κ3) is 4.18. The van der Waals surface area contributed by atoms with Gasteiger partial charge in [0.15, 0.2) is 0 Å². The molecule has 1 fully saturated rings. The summed E-state index contributed by atoms with van der Waals surface area (Å²) in [5.74, 6) is 9.02. The van der Waals surface area contributed by atoms with E-state index < -0.39 is 0 Å². The van der Waals surface area contributed by atoms with E-state index in [-0.39, 0.29) is 0 Å². The summed E-state index contributed by atoms with van der Waals surface area (Å²) in [6, 6.07) is 0. The molecular weight excluding hydrogens is 168 g/mol. The molecule has 0 radical (unpaired) electrons. The zero-order valence-electron chi connectivity index (χ0n) is 9.97. The van der Waals surface area contributed by atoms with Crippen LogP contribution in [0.2, 0.25) is 0 Å². The molecule has 0 aliphatic heterocycles. The fraction of sp³-hybridized carbons (Fsp3) is 0.857. The fourth-order valence-electron chi connectivity index (χ4n) is 2.29. The molecule has 0 bridgehead atoms. The largest absolute Gasteiger partial charge is 0.100 e. The summed E-state index contributed by atoms with van der Waals surface area (Å²) < 4.78 is 0. The summed E-state index contributed by atoms with van der Waals surface area (Å²) in [7, 11) is 0. The van der Waals surface area contributed by atoms with Gasteiger partial charge in [0, 0.05) is 11.8 Å². The zero-order chi connectivity index (χ0) is 10.4. The molecule has 0 atom stereocenters. The van der Waals surface area contributed by atoms with Gasteiger partial charge >= 0.3 is 0 Å². The van der Waals surface area contributed by atoms with E-state index in [1.54, 1.807) is 0 Å². The fourth-order valence-corrected chi connectivity index (χ4v) is 2.29. The Balaban J connectivity index is 2.26. The van der Waals surface area contributed by atoms with Crippen LogP contribution in [0, 0.1) is 29.6 Å². The maximum atomic E-state index is 3.43. The van der Waals surface area contributed by atoms with Gasteiger partial charge in [0.2, 0.25) is 0 Å². The van der Waals surface area contributed by atoms with E-state index in [4.69, 9.17) is 0 Å². The SMILES string of the molecule is CCCC1CCC(C#CC(C)C)CC1. The Morgan fingerprint density at radius 2 is 1.79 bits per heavy atom. The second-order valence-electron chi connectivity index (χ2n) is 4.95. The predicted molar refractivity (Wildman–Crippen MR) is 63.0 cm³/mol. The standard InChI is InChI=1S/C14H24/c1-4-5-13-8-10-14(11-9-13)7-6-12(2)3/h12-14H,4-5,8-11H2,1-3H3. The van der Waals surface area contributed by atoms with E-state index in [0.717, 1.165) is 5.92 Å². The van der Waals surface area contributed by atoms with Crippen LogP contribution in [0.4, 0.5) is 0 Å². The van der Waals surface area contributed by atoms with Crippen molar-refractivity contribution in [1.29, 1.82) is 0 Å². The van der Waals surface area contributed by atoms with E-state index in [0.29, 0.717) is 11.8 Å². The molecule has 0 nitrogen and oxygen atoms in total. The van der Waals surface area contributed by atoms with Gasteiger partial charge in [-0.3, -0.25) is 0 Å². The maximum Gasteiger partial charge on any atom is 0.0203 e. The average molecular weight is 192 g/mol. The zero-order valence-corrected chi connectivity index (χ0v) is 9.97. The molecule has 80 valence electrons. The Hall–Kier alpha value is -0.440. The first-order chi connectivity index (χ1) is 6.72. The molecule has 0 aromatic carbocycles. The number of hydrogen-bond donors (Lipinski definition) is 0. The Kier molecular flexibility index (Phi) is 5.09. The molecule has 1 aliphatic rings. The molecule has 1 rings (SSSR count). The van der Waals surface area contributed by atoms with Crippen LogP contribution in [0.15, 0.2) is 0 Å². The van der Waals surface area contributed by atoms with E-state index in [9.17, 15) is 0 Å². The van der Waals surface area contributed by atoms with Gasteiger partial charge < -0.3 is 0 Å². The summed E-state index contributed by atoms with van der Waals surface area (Å²) in [5, 5.41) is 0. The van der Waals surface area contributed by atoms with Crippen molar-refractivity contribution in [2.24, 2.45) is 17.8 Å². The highest BCUT2D eigenvalue weighted by Gasteiger charge is 2.18. The lowest BCUT2D eigenvalue weighted by atomic mass is 9.80. The normalized spacial score (nSPS) is 27.1. The highest BCUT2D eigenvalue weighted by molar-refractivity contribution is 5.06. The molecular formula is C14H24. The Morgan fingerprint density at radius 1 is 1.14 bits per heavy atom. The molecule has 0 spiro atoms. The Bertz CT molecular complexity index is 196. The first-order valence-electron chi connectivity index (χ1n) is 6.23. The number of rotatable bonds is 2. The minimum Gasteiger partial charge on any atom is -0.100 e. The van der Waals surface area contributed by atoms with Crippen LogP contribution in [-0.4, -0.2) is 0 Å². The molecule has 0 aromatic heterocycles. The second kappa shape index (κ2) is 6.12. The molecule has 1 aliphatic carbocycles. The molecule has 14 heavy (non-hydrogen) atoms. The van der Waals surface area contributed by atoms with Crippen LogP contribution in [0.1, 0.15) is 59.3 Å². The maximum absolute atomic E-state index is 3.43. The lowest BCUT2D eigenvalue weighted by Crippen LogP contribution is -2.13. The van der Waals surface area contributed by atoms with Gasteiger partial charge in [0.1, 0.15) is 0 Å². The molecule has 0 unspecified atom stereocenters. The van der Waals surface area contributed by atoms with Crippen LogP contribution in [0.5, 0.6) is 0 Å². The highest BCUT2D eigenvalue weighted by atomic mass is 14.2. The topological polar surface area (TPSA) is 0 Å². The van der Waals surface area contributed by atoms with Crippen LogP contribution < -0.4 is 0 Å². The summed E-state index contributed by atoms with van der Waals surface area (Å²) in [6.45, 7) is 6.65. The Morgan fingerprint density at radius 3 is 2.29 bits per heavy atom. The third-order valence-corrected chi connectivity index (χ3v) is 3.12. The van der Waals surface area contributed by atoms with Crippen molar-refractivity contribution in [3.63, 3.8) is 0 Å². The van der Waals surface area contributed by atoms with Gasteiger partial charge in [0.05, 0.1) is 0 Å². The summed E-state index contributed by atoms with van der Waals surface area (Å²) >= 11 is 0. The van der Waals surface area contributed by atoms with Crippen LogP contribution in [-0.2, 0) is 0 Å².